The Morgan fingerprint density at radius 2 is 1.37 bits per heavy atom. The number of nitrogens with one attached hydrogen (secondary N) is 1. The molecule has 0 spiro atoms. The van der Waals surface area contributed by atoms with E-state index in [1.807, 2.05) is 0 Å². The van der Waals surface area contributed by atoms with Crippen molar-refractivity contribution in [1.82, 2.24) is 5.32 Å². The molecule has 0 unspecified atom stereocenters. The van der Waals surface area contributed by atoms with Crippen LogP contribution < -0.4 is 5.32 Å². The van der Waals surface area contributed by atoms with Gasteiger partial charge in [-0.25, -0.2) is 0 Å². The lowest BCUT2D eigenvalue weighted by Crippen LogP contribution is -2.24. The van der Waals surface area contributed by atoms with Gasteiger partial charge in [0.25, 0.3) is 0 Å². The van der Waals surface area contributed by atoms with Crippen molar-refractivity contribution in [3.63, 3.8) is 0 Å². The molecule has 0 saturated heterocycles. The van der Waals surface area contributed by atoms with Gasteiger partial charge in [-0.05, 0) is 18.9 Å². The van der Waals surface area contributed by atoms with Gasteiger partial charge >= 0.3 is 0 Å². The first-order chi connectivity index (χ1) is 9.27. The maximum Gasteiger partial charge on any atom is 0.0590 e. The molecule has 0 saturated carbocycles. The molecule has 0 aliphatic carbocycles. The van der Waals surface area contributed by atoms with E-state index in [0.717, 1.165) is 32.2 Å². The summed E-state index contributed by atoms with van der Waals surface area (Å²) in [6.07, 6.45) is 12.4. The maximum atomic E-state index is 5.61. The standard InChI is InChI=1S/C17H37NO/c1-4-5-6-7-8-9-10-11-12-14-19-15-13-18-16-17(2)3/h17-18H,4-16H2,1-3H3. The van der Waals surface area contributed by atoms with Gasteiger partial charge in [-0.1, -0.05) is 72.1 Å². The molecule has 0 bridgehead atoms. The smallest absolute Gasteiger partial charge is 0.0590 e. The maximum absolute atomic E-state index is 5.61. The number of hydrogen-bond acceptors (Lipinski definition) is 2. The van der Waals surface area contributed by atoms with Gasteiger partial charge in [0, 0.05) is 13.2 Å². The fraction of sp³-hybridized carbons (Fsp3) is 1.00. The Bertz CT molecular complexity index is 159. The van der Waals surface area contributed by atoms with Crippen LogP contribution >= 0.6 is 0 Å². The third-order valence-electron chi connectivity index (χ3n) is 3.37. The molecule has 0 aromatic carbocycles. The van der Waals surface area contributed by atoms with Crippen LogP contribution in [0.2, 0.25) is 0 Å². The average Bonchev–Trinajstić information content (AvgIpc) is 2.39. The van der Waals surface area contributed by atoms with Crippen molar-refractivity contribution >= 4 is 0 Å². The van der Waals surface area contributed by atoms with E-state index in [-0.39, 0.29) is 0 Å². The Morgan fingerprint density at radius 3 is 1.95 bits per heavy atom. The van der Waals surface area contributed by atoms with E-state index in [1.54, 1.807) is 0 Å². The van der Waals surface area contributed by atoms with Crippen LogP contribution in [0, 0.1) is 5.92 Å². The van der Waals surface area contributed by atoms with Gasteiger partial charge in [-0.2, -0.15) is 0 Å². The highest BCUT2D eigenvalue weighted by molar-refractivity contribution is 4.50. The Kier molecular flexibility index (Phi) is 15.9. The van der Waals surface area contributed by atoms with E-state index in [1.165, 1.54) is 57.8 Å². The first-order valence-electron chi connectivity index (χ1n) is 8.55. The zero-order valence-corrected chi connectivity index (χ0v) is 13.7. The predicted octanol–water partition coefficient (Wildman–Crippen LogP) is 4.78. The Hall–Kier alpha value is -0.0800. The molecule has 2 heteroatoms. The molecule has 0 heterocycles. The Morgan fingerprint density at radius 1 is 0.789 bits per heavy atom. The third-order valence-corrected chi connectivity index (χ3v) is 3.37. The van der Waals surface area contributed by atoms with Crippen LogP contribution in [0.25, 0.3) is 0 Å². The van der Waals surface area contributed by atoms with Crippen LogP contribution in [0.15, 0.2) is 0 Å². The highest BCUT2D eigenvalue weighted by Gasteiger charge is 1.94. The Balaban J connectivity index is 2.91. The number of ether oxygens (including phenoxy) is 1. The van der Waals surface area contributed by atoms with Crippen LogP contribution in [-0.2, 0) is 4.74 Å². The van der Waals surface area contributed by atoms with Crippen LogP contribution in [0.5, 0.6) is 0 Å². The van der Waals surface area contributed by atoms with Gasteiger partial charge in [0.15, 0.2) is 0 Å². The number of unbranched alkanes of at least 4 members (excludes halogenated alkanes) is 8. The molecule has 0 aromatic rings. The first-order valence-corrected chi connectivity index (χ1v) is 8.55. The molecule has 0 amide bonds. The normalized spacial score (nSPS) is 11.4. The summed E-state index contributed by atoms with van der Waals surface area (Å²) < 4.78 is 5.61. The van der Waals surface area contributed by atoms with E-state index >= 15 is 0 Å². The molecule has 19 heavy (non-hydrogen) atoms. The van der Waals surface area contributed by atoms with Crippen molar-refractivity contribution in [3.05, 3.63) is 0 Å². The minimum absolute atomic E-state index is 0.734. The molecule has 116 valence electrons. The molecule has 0 radical (unpaired) electrons. The summed E-state index contributed by atoms with van der Waals surface area (Å²) in [5.74, 6) is 0.734. The molecular formula is C17H37NO. The van der Waals surface area contributed by atoms with Crippen molar-refractivity contribution < 1.29 is 4.74 Å². The molecule has 0 aromatic heterocycles. The van der Waals surface area contributed by atoms with Crippen LogP contribution in [0.4, 0.5) is 0 Å². The summed E-state index contributed by atoms with van der Waals surface area (Å²) >= 11 is 0. The lowest BCUT2D eigenvalue weighted by Gasteiger charge is -2.08. The average molecular weight is 271 g/mol. The summed E-state index contributed by atoms with van der Waals surface area (Å²) in [5, 5.41) is 3.40. The highest BCUT2D eigenvalue weighted by atomic mass is 16.5. The minimum Gasteiger partial charge on any atom is -0.380 e. The monoisotopic (exact) mass is 271 g/mol. The zero-order chi connectivity index (χ0) is 14.2. The van der Waals surface area contributed by atoms with Crippen molar-refractivity contribution in [1.29, 1.82) is 0 Å². The van der Waals surface area contributed by atoms with Crippen molar-refractivity contribution in [2.45, 2.75) is 78.6 Å². The lowest BCUT2D eigenvalue weighted by atomic mass is 10.1. The summed E-state index contributed by atoms with van der Waals surface area (Å²) in [7, 11) is 0. The molecule has 0 atom stereocenters. The van der Waals surface area contributed by atoms with Crippen LogP contribution in [-0.4, -0.2) is 26.3 Å². The predicted molar refractivity (Wildman–Crippen MR) is 85.8 cm³/mol. The number of rotatable bonds is 15. The van der Waals surface area contributed by atoms with E-state index in [4.69, 9.17) is 4.74 Å². The molecular weight excluding hydrogens is 234 g/mol. The summed E-state index contributed by atoms with van der Waals surface area (Å²) in [6.45, 7) is 10.6. The summed E-state index contributed by atoms with van der Waals surface area (Å²) in [6, 6.07) is 0. The van der Waals surface area contributed by atoms with Crippen LogP contribution in [0.1, 0.15) is 78.6 Å². The highest BCUT2D eigenvalue weighted by Crippen LogP contribution is 2.09. The molecule has 0 rings (SSSR count). The van der Waals surface area contributed by atoms with Crippen molar-refractivity contribution in [2.75, 3.05) is 26.3 Å². The molecule has 1 N–H and O–H groups in total. The van der Waals surface area contributed by atoms with Crippen LogP contribution in [0.3, 0.4) is 0 Å². The molecule has 2 nitrogen and oxygen atoms in total. The fourth-order valence-electron chi connectivity index (χ4n) is 2.15. The second-order valence-electron chi connectivity index (χ2n) is 6.04. The lowest BCUT2D eigenvalue weighted by molar-refractivity contribution is 0.131. The van der Waals surface area contributed by atoms with Gasteiger partial charge in [-0.3, -0.25) is 0 Å². The Labute approximate surface area is 121 Å². The van der Waals surface area contributed by atoms with E-state index < -0.39 is 0 Å². The van der Waals surface area contributed by atoms with Gasteiger partial charge in [0.1, 0.15) is 0 Å². The van der Waals surface area contributed by atoms with Gasteiger partial charge in [-0.15, -0.1) is 0 Å². The van der Waals surface area contributed by atoms with Crippen molar-refractivity contribution in [2.24, 2.45) is 5.92 Å². The number of hydrogen-bond donors (Lipinski definition) is 1. The second-order valence-corrected chi connectivity index (χ2v) is 6.04. The van der Waals surface area contributed by atoms with E-state index in [0.29, 0.717) is 0 Å². The van der Waals surface area contributed by atoms with E-state index in [9.17, 15) is 0 Å². The van der Waals surface area contributed by atoms with Gasteiger partial charge in [0.2, 0.25) is 0 Å². The third kappa shape index (κ3) is 17.9. The van der Waals surface area contributed by atoms with Crippen molar-refractivity contribution in [3.8, 4) is 0 Å². The molecule has 0 fully saturated rings. The molecule has 0 aliphatic heterocycles. The SMILES string of the molecule is CCCCCCCCCCCOCCNCC(C)C. The second kappa shape index (κ2) is 16.0. The van der Waals surface area contributed by atoms with Gasteiger partial charge < -0.3 is 10.1 Å². The van der Waals surface area contributed by atoms with Gasteiger partial charge in [0.05, 0.1) is 6.61 Å². The summed E-state index contributed by atoms with van der Waals surface area (Å²) in [5.41, 5.74) is 0. The first kappa shape index (κ1) is 18.9. The minimum atomic E-state index is 0.734. The molecule has 0 aliphatic rings. The zero-order valence-electron chi connectivity index (χ0n) is 13.7. The largest absolute Gasteiger partial charge is 0.380 e. The topological polar surface area (TPSA) is 21.3 Å². The van der Waals surface area contributed by atoms with E-state index in [2.05, 4.69) is 26.1 Å². The fourth-order valence-corrected chi connectivity index (χ4v) is 2.15. The quantitative estimate of drug-likeness (QED) is 0.433. The summed E-state index contributed by atoms with van der Waals surface area (Å²) in [4.78, 5) is 0.